The van der Waals surface area contributed by atoms with Gasteiger partial charge in [0.05, 0.1) is 5.56 Å². The predicted octanol–water partition coefficient (Wildman–Crippen LogP) is 5.15. The van der Waals surface area contributed by atoms with Crippen molar-refractivity contribution in [3.63, 3.8) is 0 Å². The molecule has 0 aromatic heterocycles. The number of hydrogen-bond donors (Lipinski definition) is 1. The monoisotopic (exact) mass is 318 g/mol. The van der Waals surface area contributed by atoms with Crippen molar-refractivity contribution in [2.24, 2.45) is 0 Å². The molecule has 106 valence electrons. The summed E-state index contributed by atoms with van der Waals surface area (Å²) in [4.78, 5) is 11.9. The number of rotatable bonds is 4. The minimum atomic E-state index is -0.309. The average molecular weight is 319 g/mol. The van der Waals surface area contributed by atoms with Gasteiger partial charge in [0.2, 0.25) is 0 Å². The summed E-state index contributed by atoms with van der Waals surface area (Å²) in [5.74, 6) is -0.397. The molecule has 2 rings (SSSR count). The van der Waals surface area contributed by atoms with Crippen LogP contribution in [-0.4, -0.2) is 10.9 Å². The number of carbonyl (C=O) groups excluding carboxylic acids is 1. The highest BCUT2D eigenvalue weighted by molar-refractivity contribution is 6.31. The molecule has 0 atom stereocenters. The number of halogens is 2. The van der Waals surface area contributed by atoms with Crippen LogP contribution in [0.5, 0.6) is 5.75 Å². The van der Waals surface area contributed by atoms with E-state index in [1.54, 1.807) is 24.3 Å². The number of phenolic OH excluding ortho intramolecular Hbond substituents is 1. The van der Waals surface area contributed by atoms with E-state index in [4.69, 9.17) is 23.2 Å². The second-order valence-electron chi connectivity index (χ2n) is 4.30. The van der Waals surface area contributed by atoms with Gasteiger partial charge in [0, 0.05) is 10.0 Å². The van der Waals surface area contributed by atoms with E-state index in [0.29, 0.717) is 10.0 Å². The Labute approximate surface area is 132 Å². The van der Waals surface area contributed by atoms with Gasteiger partial charge in [0.1, 0.15) is 5.75 Å². The van der Waals surface area contributed by atoms with Crippen molar-refractivity contribution in [2.45, 2.75) is 0 Å². The van der Waals surface area contributed by atoms with Crippen molar-refractivity contribution < 1.29 is 9.90 Å². The van der Waals surface area contributed by atoms with Gasteiger partial charge in [-0.15, -0.1) is 0 Å². The molecule has 0 saturated heterocycles. The van der Waals surface area contributed by atoms with Crippen LogP contribution in [0.15, 0.2) is 60.7 Å². The van der Waals surface area contributed by atoms with E-state index in [1.807, 2.05) is 18.2 Å². The van der Waals surface area contributed by atoms with Crippen molar-refractivity contribution in [1.82, 2.24) is 0 Å². The van der Waals surface area contributed by atoms with Crippen molar-refractivity contribution >= 4 is 35.1 Å². The Bertz CT molecular complexity index is 701. The zero-order valence-corrected chi connectivity index (χ0v) is 12.5. The molecule has 0 spiro atoms. The molecule has 0 radical (unpaired) electrons. The van der Waals surface area contributed by atoms with Crippen LogP contribution in [0, 0.1) is 0 Å². The van der Waals surface area contributed by atoms with Crippen LogP contribution in [0.4, 0.5) is 0 Å². The second kappa shape index (κ2) is 7.11. The summed E-state index contributed by atoms with van der Waals surface area (Å²) in [6.45, 7) is 0. The fourth-order valence-electron chi connectivity index (χ4n) is 1.68. The summed E-state index contributed by atoms with van der Waals surface area (Å²) in [7, 11) is 0. The van der Waals surface area contributed by atoms with E-state index in [0.717, 1.165) is 5.56 Å². The predicted molar refractivity (Wildman–Crippen MR) is 87.1 cm³/mol. The summed E-state index contributed by atoms with van der Waals surface area (Å²) in [5.41, 5.74) is 1.15. The molecule has 2 nitrogen and oxygen atoms in total. The maximum Gasteiger partial charge on any atom is 0.189 e. The Morgan fingerprint density at radius 1 is 0.952 bits per heavy atom. The number of allylic oxidation sites excluding steroid dienone is 3. The van der Waals surface area contributed by atoms with Gasteiger partial charge in [-0.1, -0.05) is 53.6 Å². The van der Waals surface area contributed by atoms with E-state index in [1.165, 1.54) is 24.3 Å². The summed E-state index contributed by atoms with van der Waals surface area (Å²) >= 11 is 11.6. The molecule has 0 amide bonds. The van der Waals surface area contributed by atoms with Gasteiger partial charge in [-0.3, -0.25) is 4.79 Å². The third-order valence-corrected chi connectivity index (χ3v) is 3.23. The summed E-state index contributed by atoms with van der Waals surface area (Å²) in [6.07, 6.45) is 6.57. The maximum atomic E-state index is 11.9. The van der Waals surface area contributed by atoms with E-state index < -0.39 is 0 Å². The topological polar surface area (TPSA) is 37.3 Å². The van der Waals surface area contributed by atoms with E-state index in [-0.39, 0.29) is 17.1 Å². The smallest absolute Gasteiger partial charge is 0.189 e. The molecule has 0 fully saturated rings. The van der Waals surface area contributed by atoms with Crippen LogP contribution >= 0.6 is 23.2 Å². The van der Waals surface area contributed by atoms with Gasteiger partial charge in [0.15, 0.2) is 5.78 Å². The second-order valence-corrected chi connectivity index (χ2v) is 5.17. The molecule has 0 aliphatic rings. The van der Waals surface area contributed by atoms with Crippen molar-refractivity contribution in [2.75, 3.05) is 0 Å². The minimum Gasteiger partial charge on any atom is -0.507 e. The fraction of sp³-hybridized carbons (Fsp3) is 0. The lowest BCUT2D eigenvalue weighted by molar-refractivity contribution is 0.104. The summed E-state index contributed by atoms with van der Waals surface area (Å²) < 4.78 is 0. The molecular weight excluding hydrogens is 307 g/mol. The molecule has 2 aromatic rings. The first-order valence-electron chi connectivity index (χ1n) is 6.19. The maximum absolute atomic E-state index is 11.9. The van der Waals surface area contributed by atoms with E-state index >= 15 is 0 Å². The van der Waals surface area contributed by atoms with Crippen LogP contribution < -0.4 is 0 Å². The average Bonchev–Trinajstić information content (AvgIpc) is 2.47. The molecule has 0 saturated carbocycles. The van der Waals surface area contributed by atoms with E-state index in [9.17, 15) is 9.90 Å². The van der Waals surface area contributed by atoms with Crippen LogP contribution in [0.25, 0.3) is 6.08 Å². The molecule has 0 aliphatic carbocycles. The highest BCUT2D eigenvalue weighted by Gasteiger charge is 2.08. The molecule has 0 bridgehead atoms. The third kappa shape index (κ3) is 4.48. The van der Waals surface area contributed by atoms with Crippen molar-refractivity contribution in [3.8, 4) is 5.75 Å². The van der Waals surface area contributed by atoms with Crippen LogP contribution in [-0.2, 0) is 0 Å². The number of carbonyl (C=O) groups is 1. The lowest BCUT2D eigenvalue weighted by Crippen LogP contribution is -1.94. The number of hydrogen-bond acceptors (Lipinski definition) is 2. The molecule has 0 heterocycles. The lowest BCUT2D eigenvalue weighted by atomic mass is 10.1. The third-order valence-electron chi connectivity index (χ3n) is 2.74. The first kappa shape index (κ1) is 15.4. The molecule has 2 aromatic carbocycles. The van der Waals surface area contributed by atoms with Crippen LogP contribution in [0.1, 0.15) is 15.9 Å². The Balaban J connectivity index is 2.05. The molecule has 0 unspecified atom stereocenters. The Morgan fingerprint density at radius 2 is 1.62 bits per heavy atom. The van der Waals surface area contributed by atoms with Crippen LogP contribution in [0.3, 0.4) is 0 Å². The lowest BCUT2D eigenvalue weighted by Gasteiger charge is -2.00. The Morgan fingerprint density at radius 3 is 2.33 bits per heavy atom. The minimum absolute atomic E-state index is 0.0873. The van der Waals surface area contributed by atoms with Gasteiger partial charge in [-0.2, -0.15) is 0 Å². The molecule has 0 aliphatic heterocycles. The molecular formula is C17H12Cl2O2. The molecule has 21 heavy (non-hydrogen) atoms. The fourth-order valence-corrected chi connectivity index (χ4v) is 1.98. The van der Waals surface area contributed by atoms with Gasteiger partial charge in [0.25, 0.3) is 0 Å². The standard InChI is InChI=1S/C17H12Cl2O2/c18-13-7-5-12(6-8-13)3-1-2-4-16(20)15-11-14(19)9-10-17(15)21/h1-11,21H/b3-1+,4-2+. The quantitative estimate of drug-likeness (QED) is 0.481. The zero-order chi connectivity index (χ0) is 15.2. The number of phenols is 1. The SMILES string of the molecule is O=C(/C=C/C=C/c1ccc(Cl)cc1)c1cc(Cl)ccc1O. The highest BCUT2D eigenvalue weighted by atomic mass is 35.5. The van der Waals surface area contributed by atoms with Gasteiger partial charge >= 0.3 is 0 Å². The van der Waals surface area contributed by atoms with Gasteiger partial charge in [-0.25, -0.2) is 0 Å². The van der Waals surface area contributed by atoms with Crippen molar-refractivity contribution in [3.05, 3.63) is 81.9 Å². The number of benzene rings is 2. The normalized spacial score (nSPS) is 11.3. The Hall–Kier alpha value is -2.03. The first-order valence-corrected chi connectivity index (χ1v) is 6.95. The molecule has 1 N–H and O–H groups in total. The summed E-state index contributed by atoms with van der Waals surface area (Å²) in [6, 6.07) is 11.7. The Kier molecular flexibility index (Phi) is 5.20. The van der Waals surface area contributed by atoms with Crippen molar-refractivity contribution in [1.29, 1.82) is 0 Å². The zero-order valence-electron chi connectivity index (χ0n) is 11.0. The van der Waals surface area contributed by atoms with E-state index in [2.05, 4.69) is 0 Å². The van der Waals surface area contributed by atoms with Crippen LogP contribution in [0.2, 0.25) is 10.0 Å². The molecule has 4 heteroatoms. The summed E-state index contributed by atoms with van der Waals surface area (Å²) in [5, 5.41) is 10.7. The highest BCUT2D eigenvalue weighted by Crippen LogP contribution is 2.22. The largest absolute Gasteiger partial charge is 0.507 e. The number of ketones is 1. The number of aromatic hydroxyl groups is 1. The first-order chi connectivity index (χ1) is 10.1. The van der Waals surface area contributed by atoms with Gasteiger partial charge in [-0.05, 0) is 42.0 Å². The van der Waals surface area contributed by atoms with Gasteiger partial charge < -0.3 is 5.11 Å².